The molecule has 0 saturated heterocycles. The summed E-state index contributed by atoms with van der Waals surface area (Å²) in [5.41, 5.74) is 0. The first-order chi connectivity index (χ1) is 16.4. The van der Waals surface area contributed by atoms with Gasteiger partial charge in [-0.05, 0) is 38.5 Å². The lowest BCUT2D eigenvalue weighted by Gasteiger charge is -2.34. The maximum Gasteiger partial charge on any atom is 0.223 e. The standard InChI is InChI=1S/C26H45NO7/c1-2-3-4-5-6-7-8-9-10-11-12-13-14-15-16-17-24(32)27(18-19-28)22(20-29)25(33)26(34)23(31)21-30/h3-4,6-7,9-10,20,22-23,25-26,28,30-31,33-34H,2,5,8,11-19,21H2,1H3/b4-3-,7-6-,10-9-/t22-,23+,25+,26+/m0/s1. The molecule has 0 aromatic heterocycles. The van der Waals surface area contributed by atoms with E-state index < -0.39 is 43.5 Å². The van der Waals surface area contributed by atoms with Crippen molar-refractivity contribution < 1.29 is 35.1 Å². The Kier molecular flexibility index (Phi) is 20.5. The van der Waals surface area contributed by atoms with Crippen molar-refractivity contribution in [3.05, 3.63) is 36.5 Å². The largest absolute Gasteiger partial charge is 0.395 e. The molecule has 0 rings (SSSR count). The van der Waals surface area contributed by atoms with Gasteiger partial charge < -0.3 is 35.2 Å². The predicted octanol–water partition coefficient (Wildman–Crippen LogP) is 2.04. The number of allylic oxidation sites excluding steroid dienone is 6. The van der Waals surface area contributed by atoms with Crippen LogP contribution in [0.5, 0.6) is 0 Å². The first kappa shape index (κ1) is 32.2. The van der Waals surface area contributed by atoms with Crippen molar-refractivity contribution in [2.75, 3.05) is 19.8 Å². The normalized spacial score (nSPS) is 15.7. The molecule has 0 unspecified atom stereocenters. The number of rotatable bonds is 21. The summed E-state index contributed by atoms with van der Waals surface area (Å²) in [5.74, 6) is -0.419. The van der Waals surface area contributed by atoms with Crippen molar-refractivity contribution in [1.82, 2.24) is 4.90 Å². The van der Waals surface area contributed by atoms with Crippen LogP contribution < -0.4 is 0 Å². The molecule has 0 spiro atoms. The van der Waals surface area contributed by atoms with E-state index in [1.54, 1.807) is 0 Å². The van der Waals surface area contributed by atoms with Crippen LogP contribution in [0.25, 0.3) is 0 Å². The van der Waals surface area contributed by atoms with Crippen molar-refractivity contribution in [3.8, 4) is 0 Å². The summed E-state index contributed by atoms with van der Waals surface area (Å²) in [4.78, 5) is 25.1. The van der Waals surface area contributed by atoms with E-state index in [-0.39, 0.29) is 13.0 Å². The fraction of sp³-hybridized carbons (Fsp3) is 0.692. The summed E-state index contributed by atoms with van der Waals surface area (Å²) in [5, 5.41) is 47.7. The zero-order valence-electron chi connectivity index (χ0n) is 20.5. The maximum atomic E-state index is 12.6. The van der Waals surface area contributed by atoms with Crippen LogP contribution in [-0.2, 0) is 9.59 Å². The Morgan fingerprint density at radius 2 is 1.41 bits per heavy atom. The van der Waals surface area contributed by atoms with Gasteiger partial charge in [-0.1, -0.05) is 62.6 Å². The molecule has 0 aliphatic rings. The highest BCUT2D eigenvalue weighted by atomic mass is 16.4. The van der Waals surface area contributed by atoms with Crippen LogP contribution in [0.4, 0.5) is 0 Å². The van der Waals surface area contributed by atoms with E-state index in [0.29, 0.717) is 12.7 Å². The zero-order valence-corrected chi connectivity index (χ0v) is 20.5. The molecule has 34 heavy (non-hydrogen) atoms. The van der Waals surface area contributed by atoms with Crippen molar-refractivity contribution in [2.45, 2.75) is 95.5 Å². The molecular weight excluding hydrogens is 438 g/mol. The number of hydrogen-bond donors (Lipinski definition) is 5. The molecule has 0 fully saturated rings. The van der Waals surface area contributed by atoms with Gasteiger partial charge in [0.25, 0.3) is 0 Å². The lowest BCUT2D eigenvalue weighted by Crippen LogP contribution is -2.55. The number of carbonyl (C=O) groups excluding carboxylic acids is 2. The molecule has 0 aromatic carbocycles. The maximum absolute atomic E-state index is 12.6. The second-order valence-electron chi connectivity index (χ2n) is 8.27. The minimum absolute atomic E-state index is 0.148. The summed E-state index contributed by atoms with van der Waals surface area (Å²) >= 11 is 0. The van der Waals surface area contributed by atoms with E-state index in [0.717, 1.165) is 56.3 Å². The van der Waals surface area contributed by atoms with E-state index in [2.05, 4.69) is 43.4 Å². The highest BCUT2D eigenvalue weighted by Crippen LogP contribution is 2.14. The lowest BCUT2D eigenvalue weighted by molar-refractivity contribution is -0.148. The van der Waals surface area contributed by atoms with Crippen LogP contribution >= 0.6 is 0 Å². The van der Waals surface area contributed by atoms with Crippen LogP contribution in [0.2, 0.25) is 0 Å². The molecule has 0 heterocycles. The number of amides is 1. The Hall–Kier alpha value is -1.84. The van der Waals surface area contributed by atoms with Crippen molar-refractivity contribution in [3.63, 3.8) is 0 Å². The first-order valence-electron chi connectivity index (χ1n) is 12.4. The number of unbranched alkanes of at least 4 members (excludes halogenated alkanes) is 5. The molecule has 8 heteroatoms. The Morgan fingerprint density at radius 1 is 0.824 bits per heavy atom. The molecule has 0 aromatic rings. The van der Waals surface area contributed by atoms with Crippen LogP contribution in [0.1, 0.15) is 71.1 Å². The van der Waals surface area contributed by atoms with Crippen molar-refractivity contribution in [2.24, 2.45) is 0 Å². The molecule has 196 valence electrons. The van der Waals surface area contributed by atoms with E-state index in [9.17, 15) is 30.0 Å². The topological polar surface area (TPSA) is 139 Å². The summed E-state index contributed by atoms with van der Waals surface area (Å²) in [6.07, 6.45) is 16.8. The predicted molar refractivity (Wildman–Crippen MR) is 133 cm³/mol. The van der Waals surface area contributed by atoms with Crippen molar-refractivity contribution in [1.29, 1.82) is 0 Å². The Morgan fingerprint density at radius 3 is 2.00 bits per heavy atom. The van der Waals surface area contributed by atoms with Gasteiger partial charge in [-0.3, -0.25) is 4.79 Å². The molecule has 0 aliphatic heterocycles. The SMILES string of the molecule is CC/C=C\C/C=C\C/C=C\CCCCCCCC(=O)N(CCO)[C@@H](C=O)[C@@H](O)[C@H](O)[C@H](O)CO. The van der Waals surface area contributed by atoms with E-state index in [4.69, 9.17) is 5.11 Å². The van der Waals surface area contributed by atoms with Gasteiger partial charge in [-0.15, -0.1) is 0 Å². The summed E-state index contributed by atoms with van der Waals surface area (Å²) in [7, 11) is 0. The Bertz CT molecular complexity index is 606. The third-order valence-corrected chi connectivity index (χ3v) is 5.48. The van der Waals surface area contributed by atoms with Crippen LogP contribution in [0.3, 0.4) is 0 Å². The van der Waals surface area contributed by atoms with Crippen molar-refractivity contribution >= 4 is 12.2 Å². The molecule has 0 bridgehead atoms. The molecule has 0 aliphatic carbocycles. The second-order valence-corrected chi connectivity index (χ2v) is 8.27. The Labute approximate surface area is 204 Å². The van der Waals surface area contributed by atoms with Gasteiger partial charge in [0.1, 0.15) is 30.6 Å². The van der Waals surface area contributed by atoms with Gasteiger partial charge in [0.15, 0.2) is 0 Å². The lowest BCUT2D eigenvalue weighted by atomic mass is 10.00. The number of aliphatic hydroxyl groups excluding tert-OH is 5. The van der Waals surface area contributed by atoms with Gasteiger partial charge >= 0.3 is 0 Å². The first-order valence-corrected chi connectivity index (χ1v) is 12.4. The van der Waals surface area contributed by atoms with Crippen LogP contribution in [0, 0.1) is 0 Å². The highest BCUT2D eigenvalue weighted by molar-refractivity contribution is 5.80. The van der Waals surface area contributed by atoms with Gasteiger partial charge in [0.05, 0.1) is 13.2 Å². The van der Waals surface area contributed by atoms with Gasteiger partial charge in [0.2, 0.25) is 5.91 Å². The summed E-state index contributed by atoms with van der Waals surface area (Å²) in [6.45, 7) is 0.718. The van der Waals surface area contributed by atoms with Crippen LogP contribution in [-0.4, -0.2) is 86.7 Å². The minimum Gasteiger partial charge on any atom is -0.395 e. The second kappa shape index (κ2) is 21.7. The molecule has 1 amide bonds. The average molecular weight is 484 g/mol. The number of hydrogen-bond acceptors (Lipinski definition) is 7. The van der Waals surface area contributed by atoms with E-state index in [1.165, 1.54) is 0 Å². The average Bonchev–Trinajstić information content (AvgIpc) is 2.84. The summed E-state index contributed by atoms with van der Waals surface area (Å²) in [6, 6.07) is -1.43. The highest BCUT2D eigenvalue weighted by Gasteiger charge is 2.36. The minimum atomic E-state index is -1.80. The molecule has 0 radical (unpaired) electrons. The van der Waals surface area contributed by atoms with Gasteiger partial charge in [-0.2, -0.15) is 0 Å². The zero-order chi connectivity index (χ0) is 25.6. The van der Waals surface area contributed by atoms with E-state index in [1.807, 2.05) is 0 Å². The van der Waals surface area contributed by atoms with Crippen LogP contribution in [0.15, 0.2) is 36.5 Å². The fourth-order valence-electron chi connectivity index (χ4n) is 3.46. The molecule has 0 saturated carbocycles. The van der Waals surface area contributed by atoms with E-state index >= 15 is 0 Å². The molecular formula is C26H45NO7. The number of aldehydes is 1. The Balaban J connectivity index is 4.22. The summed E-state index contributed by atoms with van der Waals surface area (Å²) < 4.78 is 0. The molecule has 8 nitrogen and oxygen atoms in total. The molecule has 4 atom stereocenters. The number of carbonyl (C=O) groups is 2. The number of aliphatic hydroxyl groups is 5. The van der Waals surface area contributed by atoms with Gasteiger partial charge in [-0.25, -0.2) is 0 Å². The van der Waals surface area contributed by atoms with Gasteiger partial charge in [0, 0.05) is 13.0 Å². The third-order valence-electron chi connectivity index (χ3n) is 5.48. The third kappa shape index (κ3) is 14.4. The number of nitrogens with zero attached hydrogens (tertiary/aromatic N) is 1. The smallest absolute Gasteiger partial charge is 0.223 e. The molecule has 5 N–H and O–H groups in total. The monoisotopic (exact) mass is 483 g/mol. The fourth-order valence-corrected chi connectivity index (χ4v) is 3.46. The quantitative estimate of drug-likeness (QED) is 0.0956.